The van der Waals surface area contributed by atoms with Gasteiger partial charge in [-0.25, -0.2) is 0 Å². The Hall–Kier alpha value is -3.19. The summed E-state index contributed by atoms with van der Waals surface area (Å²) in [6.07, 6.45) is 2.34. The van der Waals surface area contributed by atoms with E-state index in [0.29, 0.717) is 17.9 Å². The fourth-order valence-corrected chi connectivity index (χ4v) is 3.97. The molecule has 3 aromatic rings. The van der Waals surface area contributed by atoms with E-state index in [1.54, 1.807) is 14.0 Å². The molecular weight excluding hydrogens is 378 g/mol. The van der Waals surface area contributed by atoms with Crippen LogP contribution in [0.3, 0.4) is 0 Å². The van der Waals surface area contributed by atoms with Gasteiger partial charge in [-0.05, 0) is 51.1 Å². The van der Waals surface area contributed by atoms with Crippen molar-refractivity contribution in [2.45, 2.75) is 25.8 Å². The molecule has 1 aliphatic heterocycles. The predicted octanol–water partition coefficient (Wildman–Crippen LogP) is 3.15. The quantitative estimate of drug-likeness (QED) is 0.654. The third-order valence-corrected chi connectivity index (χ3v) is 5.52. The largest absolute Gasteiger partial charge is 0.496 e. The van der Waals surface area contributed by atoms with Crippen molar-refractivity contribution in [3.63, 3.8) is 0 Å². The molecule has 0 saturated carbocycles. The van der Waals surface area contributed by atoms with Crippen LogP contribution in [0.5, 0.6) is 5.75 Å². The van der Waals surface area contributed by atoms with Crippen molar-refractivity contribution in [3.05, 3.63) is 71.5 Å². The van der Waals surface area contributed by atoms with E-state index in [4.69, 9.17) is 4.74 Å². The zero-order valence-corrected chi connectivity index (χ0v) is 17.4. The molecule has 1 aliphatic rings. The van der Waals surface area contributed by atoms with Crippen molar-refractivity contribution in [3.8, 4) is 11.4 Å². The minimum absolute atomic E-state index is 0.0528. The Bertz CT molecular complexity index is 996. The first-order valence-corrected chi connectivity index (χ1v) is 10.3. The highest BCUT2D eigenvalue weighted by Gasteiger charge is 2.27. The van der Waals surface area contributed by atoms with E-state index in [-0.39, 0.29) is 11.9 Å². The monoisotopic (exact) mass is 405 g/mol. The topological polar surface area (TPSA) is 72.3 Å². The van der Waals surface area contributed by atoms with Gasteiger partial charge in [0.15, 0.2) is 5.69 Å². The molecule has 1 atom stereocenters. The number of aromatic nitrogens is 3. The summed E-state index contributed by atoms with van der Waals surface area (Å²) >= 11 is 0. The lowest BCUT2D eigenvalue weighted by Gasteiger charge is -2.29. The van der Waals surface area contributed by atoms with Gasteiger partial charge in [0.1, 0.15) is 5.75 Å². The Labute approximate surface area is 176 Å². The molecule has 1 unspecified atom stereocenters. The maximum atomic E-state index is 12.9. The van der Waals surface area contributed by atoms with E-state index in [2.05, 4.69) is 26.5 Å². The lowest BCUT2D eigenvalue weighted by molar-refractivity contribution is 0.0931. The molecule has 156 valence electrons. The molecule has 1 N–H and O–H groups in total. The number of hydrogen-bond donors (Lipinski definition) is 1. The molecular formula is C23H27N5O2. The summed E-state index contributed by atoms with van der Waals surface area (Å²) in [6.45, 7) is 4.32. The minimum atomic E-state index is -0.214. The molecule has 1 aromatic heterocycles. The lowest BCUT2D eigenvalue weighted by atomic mass is 10.0. The van der Waals surface area contributed by atoms with E-state index >= 15 is 0 Å². The first-order chi connectivity index (χ1) is 14.7. The Balaban J connectivity index is 1.52. The second-order valence-corrected chi connectivity index (χ2v) is 7.47. The molecule has 30 heavy (non-hydrogen) atoms. The summed E-state index contributed by atoms with van der Waals surface area (Å²) in [7, 11) is 1.68. The first kappa shape index (κ1) is 20.1. The molecule has 0 spiro atoms. The van der Waals surface area contributed by atoms with Crippen LogP contribution in [0, 0.1) is 6.92 Å². The van der Waals surface area contributed by atoms with Gasteiger partial charge in [-0.2, -0.15) is 9.90 Å². The SMILES string of the molecule is COc1ccccc1C(CNC(=O)c1nn(-c2ccccc2)nc1C)N1CCCC1. The molecule has 2 heterocycles. The summed E-state index contributed by atoms with van der Waals surface area (Å²) in [5.74, 6) is 0.628. The van der Waals surface area contributed by atoms with Crippen LogP contribution in [0.15, 0.2) is 54.6 Å². The van der Waals surface area contributed by atoms with Crippen molar-refractivity contribution in [2.24, 2.45) is 0 Å². The van der Waals surface area contributed by atoms with Gasteiger partial charge in [0, 0.05) is 12.1 Å². The number of aryl methyl sites for hydroxylation is 1. The van der Waals surface area contributed by atoms with E-state index < -0.39 is 0 Å². The highest BCUT2D eigenvalue weighted by Crippen LogP contribution is 2.31. The number of carbonyl (C=O) groups is 1. The van der Waals surface area contributed by atoms with Gasteiger partial charge in [-0.1, -0.05) is 36.4 Å². The van der Waals surface area contributed by atoms with E-state index in [1.165, 1.54) is 17.6 Å². The molecule has 1 amide bonds. The van der Waals surface area contributed by atoms with E-state index in [0.717, 1.165) is 30.1 Å². The number of ether oxygens (including phenoxy) is 1. The van der Waals surface area contributed by atoms with Gasteiger partial charge in [0.2, 0.25) is 0 Å². The van der Waals surface area contributed by atoms with Gasteiger partial charge in [-0.3, -0.25) is 9.69 Å². The third-order valence-electron chi connectivity index (χ3n) is 5.52. The van der Waals surface area contributed by atoms with Gasteiger partial charge in [0.05, 0.1) is 24.5 Å². The maximum Gasteiger partial charge on any atom is 0.273 e. The average Bonchev–Trinajstić information content (AvgIpc) is 3.45. The van der Waals surface area contributed by atoms with Gasteiger partial charge in [-0.15, -0.1) is 5.10 Å². The summed E-state index contributed by atoms with van der Waals surface area (Å²) in [5.41, 5.74) is 2.86. The van der Waals surface area contributed by atoms with Crippen molar-refractivity contribution >= 4 is 5.91 Å². The molecule has 0 aliphatic carbocycles. The zero-order valence-electron chi connectivity index (χ0n) is 17.4. The Morgan fingerprint density at radius 1 is 1.07 bits per heavy atom. The second-order valence-electron chi connectivity index (χ2n) is 7.47. The number of likely N-dealkylation sites (tertiary alicyclic amines) is 1. The summed E-state index contributed by atoms with van der Waals surface area (Å²) in [4.78, 5) is 16.8. The summed E-state index contributed by atoms with van der Waals surface area (Å²) in [5, 5.41) is 11.9. The maximum absolute atomic E-state index is 12.9. The van der Waals surface area contributed by atoms with Crippen molar-refractivity contribution in [1.29, 1.82) is 0 Å². The number of carbonyl (C=O) groups excluding carboxylic acids is 1. The van der Waals surface area contributed by atoms with Crippen LogP contribution in [0.1, 0.15) is 40.6 Å². The Morgan fingerprint density at radius 2 is 1.77 bits per heavy atom. The lowest BCUT2D eigenvalue weighted by Crippen LogP contribution is -2.37. The highest BCUT2D eigenvalue weighted by molar-refractivity contribution is 5.93. The minimum Gasteiger partial charge on any atom is -0.496 e. The third kappa shape index (κ3) is 4.21. The van der Waals surface area contributed by atoms with Crippen molar-refractivity contribution < 1.29 is 9.53 Å². The molecule has 1 saturated heterocycles. The van der Waals surface area contributed by atoms with Gasteiger partial charge in [0.25, 0.3) is 5.91 Å². The fraction of sp³-hybridized carbons (Fsp3) is 0.348. The average molecular weight is 406 g/mol. The second kappa shape index (κ2) is 9.09. The fourth-order valence-electron chi connectivity index (χ4n) is 3.97. The van der Waals surface area contributed by atoms with Crippen LogP contribution in [0.25, 0.3) is 5.69 Å². The van der Waals surface area contributed by atoms with Gasteiger partial charge >= 0.3 is 0 Å². The first-order valence-electron chi connectivity index (χ1n) is 10.3. The number of nitrogens with one attached hydrogen (secondary N) is 1. The number of benzene rings is 2. The van der Waals surface area contributed by atoms with Crippen LogP contribution in [0.4, 0.5) is 0 Å². The highest BCUT2D eigenvalue weighted by atomic mass is 16.5. The van der Waals surface area contributed by atoms with Crippen molar-refractivity contribution in [1.82, 2.24) is 25.2 Å². The van der Waals surface area contributed by atoms with Crippen LogP contribution in [-0.2, 0) is 0 Å². The van der Waals surface area contributed by atoms with Crippen LogP contribution < -0.4 is 10.1 Å². The number of rotatable bonds is 7. The number of hydrogen-bond acceptors (Lipinski definition) is 5. The molecule has 1 fully saturated rings. The molecule has 7 heteroatoms. The molecule has 2 aromatic carbocycles. The Kier molecular flexibility index (Phi) is 6.09. The van der Waals surface area contributed by atoms with Crippen molar-refractivity contribution in [2.75, 3.05) is 26.7 Å². The number of para-hydroxylation sites is 2. The molecule has 7 nitrogen and oxygen atoms in total. The normalized spacial score (nSPS) is 15.1. The van der Waals surface area contributed by atoms with Gasteiger partial charge < -0.3 is 10.1 Å². The smallest absolute Gasteiger partial charge is 0.273 e. The Morgan fingerprint density at radius 3 is 2.50 bits per heavy atom. The van der Waals surface area contributed by atoms with Crippen LogP contribution >= 0.6 is 0 Å². The number of methoxy groups -OCH3 is 1. The number of nitrogens with zero attached hydrogens (tertiary/aromatic N) is 4. The van der Waals surface area contributed by atoms with Crippen LogP contribution in [-0.4, -0.2) is 52.5 Å². The molecule has 4 rings (SSSR count). The molecule has 0 bridgehead atoms. The van der Waals surface area contributed by atoms with Crippen LogP contribution in [0.2, 0.25) is 0 Å². The van der Waals surface area contributed by atoms with E-state index in [1.807, 2.05) is 48.5 Å². The predicted molar refractivity (Wildman–Crippen MR) is 115 cm³/mol. The molecule has 0 radical (unpaired) electrons. The summed E-state index contributed by atoms with van der Waals surface area (Å²) in [6, 6.07) is 17.7. The standard InChI is InChI=1S/C23H27N5O2/c1-17-22(26-28(25-17)18-10-4-3-5-11-18)23(29)24-16-20(27-14-8-9-15-27)19-12-6-7-13-21(19)30-2/h3-7,10-13,20H,8-9,14-16H2,1-2H3,(H,24,29). The number of amides is 1. The zero-order chi connectivity index (χ0) is 20.9. The van der Waals surface area contributed by atoms with E-state index in [9.17, 15) is 4.79 Å². The summed E-state index contributed by atoms with van der Waals surface area (Å²) < 4.78 is 5.58.